The average molecular weight is 507 g/mol. The minimum Gasteiger partial charge on any atom is -0.478 e. The maximum atomic E-state index is 12.8. The number of ether oxygens (including phenoxy) is 4. The third-order valence-electron chi connectivity index (χ3n) is 4.63. The molecule has 0 aromatic heterocycles. The quantitative estimate of drug-likeness (QED) is 0.196. The first-order valence-corrected chi connectivity index (χ1v) is 12.3. The van der Waals surface area contributed by atoms with Crippen molar-refractivity contribution in [3.8, 4) is 12.3 Å². The number of carbonyl (C=O) groups is 1. The van der Waals surface area contributed by atoms with Gasteiger partial charge in [0.05, 0.1) is 56.7 Å². The largest absolute Gasteiger partial charge is 0.478 e. The Morgan fingerprint density at radius 3 is 2.14 bits per heavy atom. The number of aryl methyl sites for hydroxylation is 1. The molecule has 0 saturated heterocycles. The summed E-state index contributed by atoms with van der Waals surface area (Å²) in [5.74, 6) is 1.23. The van der Waals surface area contributed by atoms with Gasteiger partial charge < -0.3 is 24.1 Å². The van der Waals surface area contributed by atoms with Crippen LogP contribution in [0.5, 0.6) is 0 Å². The lowest BCUT2D eigenvalue weighted by Gasteiger charge is -2.19. The van der Waals surface area contributed by atoms with Crippen LogP contribution in [0.25, 0.3) is 0 Å². The predicted octanol–water partition coefficient (Wildman–Crippen LogP) is 2.84. The lowest BCUT2D eigenvalue weighted by molar-refractivity contribution is -0.0111. The van der Waals surface area contributed by atoms with Crippen molar-refractivity contribution in [1.82, 2.24) is 0 Å². The van der Waals surface area contributed by atoms with Gasteiger partial charge in [-0.05, 0) is 36.8 Å². The van der Waals surface area contributed by atoms with Crippen molar-refractivity contribution in [2.45, 2.75) is 17.9 Å². The van der Waals surface area contributed by atoms with Gasteiger partial charge in [0.1, 0.15) is 12.7 Å². The summed E-state index contributed by atoms with van der Waals surface area (Å²) in [7, 11) is -4.12. The summed E-state index contributed by atoms with van der Waals surface area (Å²) in [6, 6.07) is 12.1. The highest BCUT2D eigenvalue weighted by atomic mass is 32.2. The number of aromatic carboxylic acids is 1. The molecule has 1 N–H and O–H groups in total. The van der Waals surface area contributed by atoms with Crippen LogP contribution >= 0.6 is 0 Å². The molecule has 0 fully saturated rings. The summed E-state index contributed by atoms with van der Waals surface area (Å²) in [6.45, 7) is 3.93. The van der Waals surface area contributed by atoms with Crippen LogP contribution in [0.1, 0.15) is 27.6 Å². The molecule has 0 aliphatic carbocycles. The van der Waals surface area contributed by atoms with Crippen molar-refractivity contribution in [2.24, 2.45) is 0 Å². The van der Waals surface area contributed by atoms with Crippen LogP contribution in [0.4, 0.5) is 0 Å². The lowest BCUT2D eigenvalue weighted by atomic mass is 10.1. The Balaban J connectivity index is 1.89. The van der Waals surface area contributed by atoms with E-state index in [2.05, 4.69) is 5.92 Å². The molecule has 0 bridgehead atoms. The summed E-state index contributed by atoms with van der Waals surface area (Å²) in [5, 5.41) is 9.28. The van der Waals surface area contributed by atoms with Crippen molar-refractivity contribution in [3.05, 3.63) is 65.2 Å². The Morgan fingerprint density at radius 1 is 0.943 bits per heavy atom. The van der Waals surface area contributed by atoms with Crippen molar-refractivity contribution in [3.63, 3.8) is 0 Å². The van der Waals surface area contributed by atoms with Crippen LogP contribution in [0, 0.1) is 19.3 Å². The first-order chi connectivity index (χ1) is 16.8. The average Bonchev–Trinajstić information content (AvgIpc) is 2.84. The maximum Gasteiger partial charge on any atom is 0.335 e. The van der Waals surface area contributed by atoms with E-state index in [1.54, 1.807) is 18.2 Å². The molecule has 0 aliphatic heterocycles. The molecular weight excluding hydrogens is 476 g/mol. The van der Waals surface area contributed by atoms with Gasteiger partial charge in [-0.2, -0.15) is 8.42 Å². The number of carboxylic acids is 1. The molecule has 0 amide bonds. The summed E-state index contributed by atoms with van der Waals surface area (Å²) in [4.78, 5) is 11.4. The molecule has 190 valence electrons. The standard InChI is InChI=1S/C25H30O9S/c1-3-11-30-12-13-31-14-15-32-16-17-33-19-24(21-5-4-6-22(18-21)25(26)27)34-35(28,29)23-9-7-20(2)8-10-23/h1,4-10,18,24H,11-17,19H2,2H3,(H,26,27). The molecule has 35 heavy (non-hydrogen) atoms. The summed E-state index contributed by atoms with van der Waals surface area (Å²) in [6.07, 6.45) is 4.02. The molecule has 0 saturated carbocycles. The summed E-state index contributed by atoms with van der Waals surface area (Å²) >= 11 is 0. The van der Waals surface area contributed by atoms with Gasteiger partial charge in [0.25, 0.3) is 10.1 Å². The van der Waals surface area contributed by atoms with E-state index < -0.39 is 22.2 Å². The Bertz CT molecular complexity index is 1060. The topological polar surface area (TPSA) is 118 Å². The zero-order valence-corrected chi connectivity index (χ0v) is 20.4. The fraction of sp³-hybridized carbons (Fsp3) is 0.400. The van der Waals surface area contributed by atoms with Crippen LogP contribution in [-0.2, 0) is 33.2 Å². The fourth-order valence-electron chi connectivity index (χ4n) is 2.84. The second-order valence-corrected chi connectivity index (χ2v) is 8.91. The van der Waals surface area contributed by atoms with Gasteiger partial charge in [-0.15, -0.1) is 6.42 Å². The summed E-state index contributed by atoms with van der Waals surface area (Å²) in [5.41, 5.74) is 1.28. The number of rotatable bonds is 17. The zero-order valence-electron chi connectivity index (χ0n) is 19.6. The van der Waals surface area contributed by atoms with Gasteiger partial charge in [0.2, 0.25) is 0 Å². The molecule has 0 aliphatic rings. The Hall–Kier alpha value is -2.78. The van der Waals surface area contributed by atoms with E-state index in [9.17, 15) is 18.3 Å². The van der Waals surface area contributed by atoms with E-state index in [-0.39, 0.29) is 36.9 Å². The molecule has 9 nitrogen and oxygen atoms in total. The molecule has 0 radical (unpaired) electrons. The van der Waals surface area contributed by atoms with Crippen LogP contribution in [0.2, 0.25) is 0 Å². The van der Waals surface area contributed by atoms with Crippen molar-refractivity contribution < 1.29 is 41.4 Å². The van der Waals surface area contributed by atoms with Gasteiger partial charge in [-0.3, -0.25) is 4.18 Å². The van der Waals surface area contributed by atoms with E-state index in [1.165, 1.54) is 30.3 Å². The molecular formula is C25H30O9S. The minimum absolute atomic E-state index is 0.00415. The van der Waals surface area contributed by atoms with Crippen molar-refractivity contribution >= 4 is 16.1 Å². The maximum absolute atomic E-state index is 12.8. The molecule has 2 rings (SSSR count). The third-order valence-corrected chi connectivity index (χ3v) is 5.96. The van der Waals surface area contributed by atoms with E-state index >= 15 is 0 Å². The van der Waals surface area contributed by atoms with Crippen LogP contribution in [0.3, 0.4) is 0 Å². The van der Waals surface area contributed by atoms with Gasteiger partial charge in [0.15, 0.2) is 0 Å². The van der Waals surface area contributed by atoms with E-state index in [1.807, 2.05) is 6.92 Å². The van der Waals surface area contributed by atoms with Crippen molar-refractivity contribution in [1.29, 1.82) is 0 Å². The number of hydrogen-bond acceptors (Lipinski definition) is 8. The van der Waals surface area contributed by atoms with Crippen LogP contribution in [-0.4, -0.2) is 72.3 Å². The number of benzene rings is 2. The first-order valence-electron chi connectivity index (χ1n) is 10.9. The molecule has 1 unspecified atom stereocenters. The second kappa shape index (κ2) is 15.3. The number of hydrogen-bond donors (Lipinski definition) is 1. The van der Waals surface area contributed by atoms with E-state index in [0.29, 0.717) is 32.0 Å². The van der Waals surface area contributed by atoms with E-state index in [0.717, 1.165) is 5.56 Å². The second-order valence-electron chi connectivity index (χ2n) is 7.34. The molecule has 0 spiro atoms. The summed E-state index contributed by atoms with van der Waals surface area (Å²) < 4.78 is 52.5. The smallest absolute Gasteiger partial charge is 0.335 e. The Kier molecular flexibility index (Phi) is 12.4. The van der Waals surface area contributed by atoms with Crippen LogP contribution in [0.15, 0.2) is 53.4 Å². The van der Waals surface area contributed by atoms with Crippen molar-refractivity contribution in [2.75, 3.05) is 52.9 Å². The Morgan fingerprint density at radius 2 is 1.54 bits per heavy atom. The highest BCUT2D eigenvalue weighted by molar-refractivity contribution is 7.86. The van der Waals surface area contributed by atoms with Gasteiger partial charge in [0, 0.05) is 0 Å². The highest BCUT2D eigenvalue weighted by Crippen LogP contribution is 2.25. The molecule has 0 heterocycles. The first kappa shape index (κ1) is 28.5. The van der Waals surface area contributed by atoms with Gasteiger partial charge in [-0.1, -0.05) is 35.7 Å². The normalized spacial score (nSPS) is 12.2. The zero-order chi connectivity index (χ0) is 25.5. The van der Waals surface area contributed by atoms with E-state index in [4.69, 9.17) is 29.6 Å². The molecule has 2 aromatic carbocycles. The number of terminal acetylenes is 1. The van der Waals surface area contributed by atoms with Gasteiger partial charge >= 0.3 is 5.97 Å². The third kappa shape index (κ3) is 10.6. The molecule has 10 heteroatoms. The molecule has 1 atom stereocenters. The predicted molar refractivity (Wildman–Crippen MR) is 128 cm³/mol. The highest BCUT2D eigenvalue weighted by Gasteiger charge is 2.24. The fourth-order valence-corrected chi connectivity index (χ4v) is 3.90. The minimum atomic E-state index is -4.12. The van der Waals surface area contributed by atoms with Crippen LogP contribution < -0.4 is 0 Å². The Labute approximate surface area is 206 Å². The van der Waals surface area contributed by atoms with Gasteiger partial charge in [-0.25, -0.2) is 4.79 Å². The monoisotopic (exact) mass is 506 g/mol. The SMILES string of the molecule is C#CCOCCOCCOCCOCC(OS(=O)(=O)c1ccc(C)cc1)c1cccc(C(=O)O)c1. The lowest BCUT2D eigenvalue weighted by Crippen LogP contribution is -2.19. The molecule has 2 aromatic rings. The number of carboxylic acid groups (broad SMARTS) is 1.